The largest absolute Gasteiger partial charge is 0.383 e. The number of hydrogen-bond donors (Lipinski definition) is 2. The molecule has 0 radical (unpaired) electrons. The molecule has 2 N–H and O–H groups in total. The molecule has 1 aromatic heterocycles. The Bertz CT molecular complexity index is 565. The second-order valence-electron chi connectivity index (χ2n) is 5.95. The minimum absolute atomic E-state index is 0. The molecule has 25 heavy (non-hydrogen) atoms. The topological polar surface area (TPSA) is 66.0 Å². The maximum atomic E-state index is 12.4. The minimum atomic E-state index is 0. The van der Waals surface area contributed by atoms with Crippen molar-refractivity contribution in [1.82, 2.24) is 15.5 Å². The van der Waals surface area contributed by atoms with E-state index in [1.54, 1.807) is 18.4 Å². The highest BCUT2D eigenvalue weighted by Crippen LogP contribution is 2.24. The lowest BCUT2D eigenvalue weighted by Gasteiger charge is -2.27. The van der Waals surface area contributed by atoms with Crippen LogP contribution in [0.3, 0.4) is 0 Å². The molecule has 0 aromatic carbocycles. The highest BCUT2D eigenvalue weighted by Gasteiger charge is 2.20. The van der Waals surface area contributed by atoms with Crippen LogP contribution in [-0.2, 0) is 22.5 Å². The smallest absolute Gasteiger partial charge is 0.224 e. The Labute approximate surface area is 171 Å². The van der Waals surface area contributed by atoms with Crippen LogP contribution in [0.2, 0.25) is 0 Å². The number of nitrogens with zero attached hydrogens (tertiary/aromatic N) is 2. The second kappa shape index (κ2) is 11.7. The zero-order chi connectivity index (χ0) is 17.4. The molecule has 0 bridgehead atoms. The van der Waals surface area contributed by atoms with Crippen molar-refractivity contribution in [3.05, 3.63) is 21.9 Å². The summed E-state index contributed by atoms with van der Waals surface area (Å²) in [5.74, 6) is 0.907. The molecule has 1 aliphatic rings. The predicted octanol–water partition coefficient (Wildman–Crippen LogP) is 2.23. The van der Waals surface area contributed by atoms with Crippen molar-refractivity contribution >= 4 is 47.2 Å². The van der Waals surface area contributed by atoms with Crippen molar-refractivity contribution < 1.29 is 9.53 Å². The third-order valence-electron chi connectivity index (χ3n) is 3.90. The molecule has 0 saturated heterocycles. The molecule has 1 atom stereocenters. The number of fused-ring (bicyclic) bond motifs is 1. The van der Waals surface area contributed by atoms with Crippen molar-refractivity contribution in [1.29, 1.82) is 0 Å². The molecule has 0 saturated carbocycles. The van der Waals surface area contributed by atoms with E-state index in [4.69, 9.17) is 4.74 Å². The van der Waals surface area contributed by atoms with E-state index in [2.05, 4.69) is 27.1 Å². The highest BCUT2D eigenvalue weighted by atomic mass is 127. The number of halogens is 1. The number of hydrogen-bond acceptors (Lipinski definition) is 4. The summed E-state index contributed by atoms with van der Waals surface area (Å²) < 4.78 is 5.12. The maximum Gasteiger partial charge on any atom is 0.224 e. The molecule has 1 amide bonds. The van der Waals surface area contributed by atoms with Gasteiger partial charge in [-0.25, -0.2) is 0 Å². The van der Waals surface area contributed by atoms with Gasteiger partial charge in [-0.2, -0.15) is 0 Å². The standard InChI is InChI=1S/C17H28N4O2S.HI/c1-4-18-17(20-13(2)12-23-3)19-8-5-16(22)21-9-6-15-14(11-21)7-10-24-15;/h7,10,13H,4-6,8-9,11-12H2,1-3H3,(H2,18,19,20);1H. The third kappa shape index (κ3) is 7.10. The molecule has 6 nitrogen and oxygen atoms in total. The number of amides is 1. The van der Waals surface area contributed by atoms with Crippen LogP contribution in [0.5, 0.6) is 0 Å². The van der Waals surface area contributed by atoms with Gasteiger partial charge in [0.25, 0.3) is 0 Å². The number of rotatable bonds is 7. The van der Waals surface area contributed by atoms with Gasteiger partial charge >= 0.3 is 0 Å². The van der Waals surface area contributed by atoms with Crippen LogP contribution in [0.25, 0.3) is 0 Å². The van der Waals surface area contributed by atoms with Gasteiger partial charge in [0.2, 0.25) is 5.91 Å². The number of carbonyl (C=O) groups is 1. The Hall–Kier alpha value is -0.870. The van der Waals surface area contributed by atoms with Crippen molar-refractivity contribution in [3.8, 4) is 0 Å². The summed E-state index contributed by atoms with van der Waals surface area (Å²) in [5, 5.41) is 8.58. The molecule has 142 valence electrons. The SMILES string of the molecule is CCNC(=NCCC(=O)N1CCc2sccc2C1)NC(C)COC.I. The molecular weight excluding hydrogens is 451 g/mol. The monoisotopic (exact) mass is 480 g/mol. The van der Waals surface area contributed by atoms with E-state index in [1.807, 2.05) is 18.7 Å². The Morgan fingerprint density at radius 2 is 2.32 bits per heavy atom. The van der Waals surface area contributed by atoms with E-state index in [-0.39, 0.29) is 35.9 Å². The number of carbonyl (C=O) groups excluding carboxylic acids is 1. The lowest BCUT2D eigenvalue weighted by Crippen LogP contribution is -2.44. The number of nitrogens with one attached hydrogen (secondary N) is 2. The van der Waals surface area contributed by atoms with Crippen molar-refractivity contribution in [3.63, 3.8) is 0 Å². The van der Waals surface area contributed by atoms with Crippen molar-refractivity contribution in [2.45, 2.75) is 39.3 Å². The van der Waals surface area contributed by atoms with Crippen LogP contribution >= 0.6 is 35.3 Å². The van der Waals surface area contributed by atoms with Gasteiger partial charge in [-0.1, -0.05) is 0 Å². The Kier molecular flexibility index (Phi) is 10.4. The van der Waals surface area contributed by atoms with Crippen LogP contribution in [0, 0.1) is 0 Å². The quantitative estimate of drug-likeness (QED) is 0.357. The molecule has 0 fully saturated rings. The molecule has 8 heteroatoms. The Balaban J connectivity index is 0.00000312. The van der Waals surface area contributed by atoms with Gasteiger partial charge in [-0.3, -0.25) is 9.79 Å². The van der Waals surface area contributed by atoms with Gasteiger partial charge in [-0.05, 0) is 37.3 Å². The second-order valence-corrected chi connectivity index (χ2v) is 6.95. The summed E-state index contributed by atoms with van der Waals surface area (Å²) in [7, 11) is 1.68. The predicted molar refractivity (Wildman–Crippen MR) is 114 cm³/mol. The Morgan fingerprint density at radius 1 is 1.52 bits per heavy atom. The summed E-state index contributed by atoms with van der Waals surface area (Å²) in [6, 6.07) is 2.30. The van der Waals surface area contributed by atoms with Crippen LogP contribution in [0.15, 0.2) is 16.4 Å². The van der Waals surface area contributed by atoms with Crippen molar-refractivity contribution in [2.24, 2.45) is 4.99 Å². The van der Waals surface area contributed by atoms with Crippen LogP contribution in [-0.4, -0.2) is 56.2 Å². The normalized spacial score (nSPS) is 15.2. The number of aliphatic imine (C=N–C) groups is 1. The zero-order valence-corrected chi connectivity index (χ0v) is 18.4. The first-order valence-electron chi connectivity index (χ1n) is 8.50. The van der Waals surface area contributed by atoms with Gasteiger partial charge in [0.15, 0.2) is 5.96 Å². The lowest BCUT2D eigenvalue weighted by atomic mass is 10.1. The van der Waals surface area contributed by atoms with Crippen LogP contribution in [0.1, 0.15) is 30.7 Å². The summed E-state index contributed by atoms with van der Waals surface area (Å²) >= 11 is 1.79. The summed E-state index contributed by atoms with van der Waals surface area (Å²) in [4.78, 5) is 20.3. The first-order chi connectivity index (χ1) is 11.6. The molecule has 2 rings (SSSR count). The molecule has 1 unspecified atom stereocenters. The van der Waals surface area contributed by atoms with E-state index in [0.29, 0.717) is 19.6 Å². The average Bonchev–Trinajstić information content (AvgIpc) is 3.02. The van der Waals surface area contributed by atoms with E-state index in [9.17, 15) is 4.79 Å². The summed E-state index contributed by atoms with van der Waals surface area (Å²) in [5.41, 5.74) is 1.30. The fourth-order valence-electron chi connectivity index (χ4n) is 2.73. The van der Waals surface area contributed by atoms with Crippen molar-refractivity contribution in [2.75, 3.05) is 33.4 Å². The fourth-order valence-corrected chi connectivity index (χ4v) is 3.62. The summed E-state index contributed by atoms with van der Waals surface area (Å²) in [6.07, 6.45) is 1.41. The van der Waals surface area contributed by atoms with E-state index >= 15 is 0 Å². The minimum Gasteiger partial charge on any atom is -0.383 e. The number of ether oxygens (including phenoxy) is 1. The molecule has 2 heterocycles. The molecule has 1 aromatic rings. The first-order valence-corrected chi connectivity index (χ1v) is 9.38. The summed E-state index contributed by atoms with van der Waals surface area (Å²) in [6.45, 7) is 7.50. The number of thiophene rings is 1. The van der Waals surface area contributed by atoms with E-state index in [1.165, 1.54) is 10.4 Å². The van der Waals surface area contributed by atoms with E-state index < -0.39 is 0 Å². The van der Waals surface area contributed by atoms with Gasteiger partial charge in [0.1, 0.15) is 0 Å². The lowest BCUT2D eigenvalue weighted by molar-refractivity contribution is -0.131. The molecule has 1 aliphatic heterocycles. The average molecular weight is 480 g/mol. The maximum absolute atomic E-state index is 12.4. The van der Waals surface area contributed by atoms with Gasteiger partial charge < -0.3 is 20.3 Å². The molecule has 0 aliphatic carbocycles. The van der Waals surface area contributed by atoms with E-state index in [0.717, 1.165) is 32.0 Å². The van der Waals surface area contributed by atoms with Crippen LogP contribution in [0.4, 0.5) is 0 Å². The zero-order valence-electron chi connectivity index (χ0n) is 15.2. The third-order valence-corrected chi connectivity index (χ3v) is 4.92. The fraction of sp³-hybridized carbons (Fsp3) is 0.647. The number of guanidine groups is 1. The van der Waals surface area contributed by atoms with Gasteiger partial charge in [-0.15, -0.1) is 35.3 Å². The van der Waals surface area contributed by atoms with Gasteiger partial charge in [0.05, 0.1) is 13.2 Å². The number of methoxy groups -OCH3 is 1. The Morgan fingerprint density at radius 3 is 3.04 bits per heavy atom. The van der Waals surface area contributed by atoms with Crippen LogP contribution < -0.4 is 10.6 Å². The molecular formula is C17H29IN4O2S. The van der Waals surface area contributed by atoms with Gasteiger partial charge in [0, 0.05) is 44.1 Å². The molecule has 0 spiro atoms. The first kappa shape index (κ1) is 22.2. The highest BCUT2D eigenvalue weighted by molar-refractivity contribution is 14.0.